The Morgan fingerprint density at radius 2 is 2.03 bits per heavy atom. The molecule has 0 radical (unpaired) electrons. The number of nitrogens with zero attached hydrogens (tertiary/aromatic N) is 3. The van der Waals surface area contributed by atoms with E-state index >= 15 is 0 Å². The van der Waals surface area contributed by atoms with Crippen LogP contribution in [0.4, 0.5) is 10.1 Å². The van der Waals surface area contributed by atoms with Crippen molar-refractivity contribution in [3.05, 3.63) is 29.6 Å². The SMILES string of the molecule is CCN1CCN(c2ccc(CNC(=NC)NC3C4CCOC4C3(C)C)cc2F)CC1. The molecule has 3 unspecified atom stereocenters. The summed E-state index contributed by atoms with van der Waals surface area (Å²) in [5, 5.41) is 6.93. The zero-order chi connectivity index (χ0) is 21.3. The van der Waals surface area contributed by atoms with Gasteiger partial charge in [0.15, 0.2) is 5.96 Å². The highest BCUT2D eigenvalue weighted by atomic mass is 19.1. The molecule has 1 saturated carbocycles. The standard InChI is InChI=1S/C23H36FN5O/c1-5-28-9-11-29(12-10-28)19-7-6-16(14-18(19)24)15-26-22(25-4)27-20-17-8-13-30-21(17)23(20,2)3/h6-7,14,17,20-21H,5,8-13,15H2,1-4H3,(H2,25,26,27). The summed E-state index contributed by atoms with van der Waals surface area (Å²) in [5.74, 6) is 1.16. The fourth-order valence-corrected chi connectivity index (χ4v) is 5.37. The summed E-state index contributed by atoms with van der Waals surface area (Å²) < 4.78 is 20.7. The summed E-state index contributed by atoms with van der Waals surface area (Å²) in [4.78, 5) is 8.93. The lowest BCUT2D eigenvalue weighted by atomic mass is 9.57. The first-order valence-electron chi connectivity index (χ1n) is 11.3. The van der Waals surface area contributed by atoms with Gasteiger partial charge in [-0.2, -0.15) is 0 Å². The predicted molar refractivity (Wildman–Crippen MR) is 119 cm³/mol. The van der Waals surface area contributed by atoms with Gasteiger partial charge < -0.3 is 25.2 Å². The highest BCUT2D eigenvalue weighted by Crippen LogP contribution is 2.52. The van der Waals surface area contributed by atoms with Crippen LogP contribution in [0.25, 0.3) is 0 Å². The topological polar surface area (TPSA) is 52.1 Å². The van der Waals surface area contributed by atoms with Crippen molar-refractivity contribution in [3.63, 3.8) is 0 Å². The zero-order valence-electron chi connectivity index (χ0n) is 18.7. The molecular formula is C23H36FN5O. The number of ether oxygens (including phenoxy) is 1. The number of nitrogens with one attached hydrogen (secondary N) is 2. The lowest BCUT2D eigenvalue weighted by Gasteiger charge is -2.54. The van der Waals surface area contributed by atoms with Crippen molar-refractivity contribution in [2.75, 3.05) is 51.3 Å². The molecule has 0 aromatic heterocycles. The van der Waals surface area contributed by atoms with Crippen LogP contribution in [0.1, 0.15) is 32.8 Å². The van der Waals surface area contributed by atoms with Crippen molar-refractivity contribution in [1.29, 1.82) is 0 Å². The summed E-state index contributed by atoms with van der Waals surface area (Å²) in [6.45, 7) is 12.9. The highest BCUT2D eigenvalue weighted by Gasteiger charge is 2.59. The maximum atomic E-state index is 14.8. The number of anilines is 1. The number of hydrogen-bond donors (Lipinski definition) is 2. The molecule has 4 rings (SSSR count). The van der Waals surface area contributed by atoms with Gasteiger partial charge in [0.05, 0.1) is 11.8 Å². The molecule has 0 spiro atoms. The third-order valence-corrected chi connectivity index (χ3v) is 7.25. The van der Waals surface area contributed by atoms with Crippen molar-refractivity contribution in [2.24, 2.45) is 16.3 Å². The summed E-state index contributed by atoms with van der Waals surface area (Å²) in [6.07, 6.45) is 1.44. The summed E-state index contributed by atoms with van der Waals surface area (Å²) in [5.41, 5.74) is 1.72. The van der Waals surface area contributed by atoms with Gasteiger partial charge in [0, 0.05) is 63.8 Å². The fourth-order valence-electron chi connectivity index (χ4n) is 5.37. The number of rotatable bonds is 5. The van der Waals surface area contributed by atoms with Crippen LogP contribution in [0.5, 0.6) is 0 Å². The van der Waals surface area contributed by atoms with Gasteiger partial charge in [-0.3, -0.25) is 4.99 Å². The Hall–Kier alpha value is -1.86. The first-order chi connectivity index (χ1) is 14.4. The van der Waals surface area contributed by atoms with Crippen LogP contribution in [0.2, 0.25) is 0 Å². The van der Waals surface area contributed by atoms with Gasteiger partial charge in [0.2, 0.25) is 0 Å². The summed E-state index contributed by atoms with van der Waals surface area (Å²) in [6, 6.07) is 5.92. The second kappa shape index (κ2) is 8.71. The van der Waals surface area contributed by atoms with E-state index in [1.54, 1.807) is 13.1 Å². The Morgan fingerprint density at radius 1 is 1.27 bits per heavy atom. The van der Waals surface area contributed by atoms with E-state index in [4.69, 9.17) is 4.74 Å². The molecule has 2 N–H and O–H groups in total. The first kappa shape index (κ1) is 21.4. The maximum absolute atomic E-state index is 14.8. The average Bonchev–Trinajstić information content (AvgIpc) is 3.21. The number of piperazine rings is 1. The molecule has 0 bridgehead atoms. The molecule has 2 aliphatic heterocycles. The molecule has 1 aromatic rings. The molecule has 3 aliphatic rings. The molecule has 3 atom stereocenters. The molecule has 2 heterocycles. The highest BCUT2D eigenvalue weighted by molar-refractivity contribution is 5.80. The quantitative estimate of drug-likeness (QED) is 0.569. The van der Waals surface area contributed by atoms with Crippen LogP contribution in [0.15, 0.2) is 23.2 Å². The minimum Gasteiger partial charge on any atom is -0.377 e. The minimum absolute atomic E-state index is 0.0916. The lowest BCUT2D eigenvalue weighted by molar-refractivity contribution is -0.106. The van der Waals surface area contributed by atoms with Crippen LogP contribution in [0, 0.1) is 17.2 Å². The first-order valence-corrected chi connectivity index (χ1v) is 11.3. The normalized spacial score (nSPS) is 28.8. The molecular weight excluding hydrogens is 381 g/mol. The van der Waals surface area contributed by atoms with E-state index in [2.05, 4.69) is 46.2 Å². The van der Waals surface area contributed by atoms with E-state index in [0.717, 1.165) is 57.3 Å². The minimum atomic E-state index is -0.145. The van der Waals surface area contributed by atoms with Crippen molar-refractivity contribution < 1.29 is 9.13 Å². The molecule has 7 heteroatoms. The smallest absolute Gasteiger partial charge is 0.191 e. The molecule has 166 valence electrons. The Bertz CT molecular complexity index is 775. The van der Waals surface area contributed by atoms with Crippen molar-refractivity contribution in [2.45, 2.75) is 45.9 Å². The second-order valence-corrected chi connectivity index (χ2v) is 9.32. The lowest BCUT2D eigenvalue weighted by Crippen LogP contribution is -2.67. The molecule has 30 heavy (non-hydrogen) atoms. The predicted octanol–water partition coefficient (Wildman–Crippen LogP) is 2.45. The van der Waals surface area contributed by atoms with Crippen molar-refractivity contribution in [3.8, 4) is 0 Å². The number of fused-ring (bicyclic) bond motifs is 1. The number of halogens is 1. The van der Waals surface area contributed by atoms with Crippen molar-refractivity contribution in [1.82, 2.24) is 15.5 Å². The van der Waals surface area contributed by atoms with E-state index in [9.17, 15) is 4.39 Å². The number of likely N-dealkylation sites (N-methyl/N-ethyl adjacent to an activating group) is 1. The zero-order valence-corrected chi connectivity index (χ0v) is 18.7. The molecule has 1 aliphatic carbocycles. The summed E-state index contributed by atoms with van der Waals surface area (Å²) >= 11 is 0. The Labute approximate surface area is 179 Å². The third-order valence-electron chi connectivity index (χ3n) is 7.25. The van der Waals surface area contributed by atoms with E-state index in [1.807, 2.05) is 12.1 Å². The van der Waals surface area contributed by atoms with E-state index in [0.29, 0.717) is 30.3 Å². The molecule has 2 saturated heterocycles. The van der Waals surface area contributed by atoms with Crippen LogP contribution >= 0.6 is 0 Å². The van der Waals surface area contributed by atoms with Gasteiger partial charge in [0.1, 0.15) is 5.82 Å². The van der Waals surface area contributed by atoms with Gasteiger partial charge >= 0.3 is 0 Å². The van der Waals surface area contributed by atoms with Gasteiger partial charge in [-0.1, -0.05) is 26.8 Å². The number of aliphatic imine (C=N–C) groups is 1. The summed E-state index contributed by atoms with van der Waals surface area (Å²) in [7, 11) is 1.78. The molecule has 6 nitrogen and oxygen atoms in total. The van der Waals surface area contributed by atoms with Gasteiger partial charge in [-0.05, 0) is 30.7 Å². The van der Waals surface area contributed by atoms with Gasteiger partial charge in [0.25, 0.3) is 0 Å². The number of benzene rings is 1. The van der Waals surface area contributed by atoms with Crippen LogP contribution in [-0.2, 0) is 11.3 Å². The van der Waals surface area contributed by atoms with Crippen molar-refractivity contribution >= 4 is 11.6 Å². The fraction of sp³-hybridized carbons (Fsp3) is 0.696. The average molecular weight is 418 g/mol. The van der Waals surface area contributed by atoms with Gasteiger partial charge in [-0.15, -0.1) is 0 Å². The number of hydrogen-bond acceptors (Lipinski definition) is 4. The van der Waals surface area contributed by atoms with E-state index in [1.165, 1.54) is 0 Å². The van der Waals surface area contributed by atoms with Crippen LogP contribution < -0.4 is 15.5 Å². The van der Waals surface area contributed by atoms with Crippen LogP contribution in [-0.4, -0.2) is 69.4 Å². The second-order valence-electron chi connectivity index (χ2n) is 9.32. The third kappa shape index (κ3) is 4.02. The Morgan fingerprint density at radius 3 is 2.70 bits per heavy atom. The van der Waals surface area contributed by atoms with E-state index < -0.39 is 0 Å². The van der Waals surface area contributed by atoms with Crippen LogP contribution in [0.3, 0.4) is 0 Å². The molecule has 3 fully saturated rings. The monoisotopic (exact) mass is 417 g/mol. The van der Waals surface area contributed by atoms with E-state index in [-0.39, 0.29) is 11.2 Å². The number of guanidine groups is 1. The van der Waals surface area contributed by atoms with Gasteiger partial charge in [-0.25, -0.2) is 4.39 Å². The molecule has 1 aromatic carbocycles. The molecule has 0 amide bonds. The Kier molecular flexibility index (Phi) is 6.21. The Balaban J connectivity index is 1.32. The largest absolute Gasteiger partial charge is 0.377 e. The maximum Gasteiger partial charge on any atom is 0.191 e.